The van der Waals surface area contributed by atoms with E-state index in [0.29, 0.717) is 21.6 Å². The van der Waals surface area contributed by atoms with Crippen molar-refractivity contribution in [3.05, 3.63) is 71.5 Å². The van der Waals surface area contributed by atoms with Gasteiger partial charge in [-0.3, -0.25) is 4.79 Å². The van der Waals surface area contributed by atoms with E-state index in [4.69, 9.17) is 0 Å². The highest BCUT2D eigenvalue weighted by atomic mass is 32.2. The van der Waals surface area contributed by atoms with Gasteiger partial charge in [0, 0.05) is 18.7 Å². The summed E-state index contributed by atoms with van der Waals surface area (Å²) in [6.45, 7) is 0.843. The fourth-order valence-corrected chi connectivity index (χ4v) is 3.70. The smallest absolute Gasteiger partial charge is 0.230 e. The lowest BCUT2D eigenvalue weighted by Crippen LogP contribution is -2.24. The molecule has 134 valence electrons. The molecule has 3 rings (SSSR count). The molecule has 0 aliphatic rings. The van der Waals surface area contributed by atoms with E-state index in [1.807, 2.05) is 30.3 Å². The number of thioether (sulfide) groups is 1. The van der Waals surface area contributed by atoms with Gasteiger partial charge in [0.05, 0.1) is 5.75 Å². The molecule has 26 heavy (non-hydrogen) atoms. The third-order valence-corrected chi connectivity index (χ3v) is 5.47. The van der Waals surface area contributed by atoms with Crippen LogP contribution in [-0.4, -0.2) is 21.9 Å². The van der Waals surface area contributed by atoms with Gasteiger partial charge in [-0.25, -0.2) is 4.39 Å². The highest BCUT2D eigenvalue weighted by Gasteiger charge is 2.09. The number of aromatic nitrogens is 2. The number of halogens is 1. The van der Waals surface area contributed by atoms with Crippen molar-refractivity contribution in [2.24, 2.45) is 0 Å². The molecule has 8 heteroatoms. The van der Waals surface area contributed by atoms with Crippen molar-refractivity contribution < 1.29 is 9.18 Å². The van der Waals surface area contributed by atoms with Gasteiger partial charge in [0.1, 0.15) is 5.82 Å². The zero-order valence-corrected chi connectivity index (χ0v) is 15.4. The molecular weight excluding hydrogens is 371 g/mol. The lowest BCUT2D eigenvalue weighted by molar-refractivity contribution is -0.118. The van der Waals surface area contributed by atoms with E-state index < -0.39 is 0 Å². The van der Waals surface area contributed by atoms with E-state index in [1.165, 1.54) is 29.2 Å². The Morgan fingerprint density at radius 2 is 1.81 bits per heavy atom. The van der Waals surface area contributed by atoms with Crippen LogP contribution in [-0.2, 0) is 17.9 Å². The summed E-state index contributed by atoms with van der Waals surface area (Å²) in [5.41, 5.74) is 1.62. The summed E-state index contributed by atoms with van der Waals surface area (Å²) in [5, 5.41) is 14.8. The van der Waals surface area contributed by atoms with Crippen LogP contribution in [0.15, 0.2) is 58.9 Å². The molecule has 0 atom stereocenters. The number of rotatable bonds is 8. The molecule has 0 saturated heterocycles. The van der Waals surface area contributed by atoms with E-state index in [-0.39, 0.29) is 24.0 Å². The Morgan fingerprint density at radius 3 is 2.62 bits per heavy atom. The molecule has 0 aliphatic heterocycles. The molecule has 2 N–H and O–H groups in total. The molecule has 0 fully saturated rings. The van der Waals surface area contributed by atoms with Crippen LogP contribution in [0.5, 0.6) is 0 Å². The molecular formula is C18H17FN4OS2. The van der Waals surface area contributed by atoms with Crippen molar-refractivity contribution in [2.75, 3.05) is 11.1 Å². The normalized spacial score (nSPS) is 10.5. The van der Waals surface area contributed by atoms with Gasteiger partial charge >= 0.3 is 0 Å². The molecule has 0 saturated carbocycles. The summed E-state index contributed by atoms with van der Waals surface area (Å²) in [5.74, 6) is -0.284. The largest absolute Gasteiger partial charge is 0.356 e. The van der Waals surface area contributed by atoms with Crippen LogP contribution in [0.1, 0.15) is 11.1 Å². The Balaban J connectivity index is 1.41. The minimum Gasteiger partial charge on any atom is -0.356 e. The molecule has 0 radical (unpaired) electrons. The Hall–Kier alpha value is -2.45. The first kappa shape index (κ1) is 18.3. The van der Waals surface area contributed by atoms with Crippen molar-refractivity contribution in [3.8, 4) is 0 Å². The minimum atomic E-state index is -0.321. The maximum atomic E-state index is 13.5. The fraction of sp³-hybridized carbons (Fsp3) is 0.167. The average Bonchev–Trinajstić information content (AvgIpc) is 3.13. The number of carbonyl (C=O) groups excluding carboxylic acids is 1. The predicted octanol–water partition coefficient (Wildman–Crippen LogP) is 3.70. The topological polar surface area (TPSA) is 66.9 Å². The molecule has 2 aromatic carbocycles. The van der Waals surface area contributed by atoms with E-state index in [9.17, 15) is 9.18 Å². The second-order valence-corrected chi connectivity index (χ2v) is 7.57. The molecule has 0 unspecified atom stereocenters. The maximum absolute atomic E-state index is 13.5. The molecule has 1 aromatic heterocycles. The number of amides is 1. The Morgan fingerprint density at radius 1 is 1.04 bits per heavy atom. The minimum absolute atomic E-state index is 0.173. The molecule has 5 nitrogen and oxygen atoms in total. The van der Waals surface area contributed by atoms with Gasteiger partial charge in [0.25, 0.3) is 0 Å². The molecule has 1 heterocycles. The van der Waals surface area contributed by atoms with E-state index in [1.54, 1.807) is 18.2 Å². The third kappa shape index (κ3) is 5.53. The van der Waals surface area contributed by atoms with Gasteiger partial charge in [0.2, 0.25) is 11.0 Å². The van der Waals surface area contributed by atoms with Crippen molar-refractivity contribution in [1.29, 1.82) is 0 Å². The summed E-state index contributed by atoms with van der Waals surface area (Å²) in [6.07, 6.45) is 0. The van der Waals surface area contributed by atoms with Crippen LogP contribution in [0, 0.1) is 5.82 Å². The first-order chi connectivity index (χ1) is 12.7. The monoisotopic (exact) mass is 388 g/mol. The maximum Gasteiger partial charge on any atom is 0.230 e. The molecule has 3 aromatic rings. The Kier molecular flexibility index (Phi) is 6.56. The quantitative estimate of drug-likeness (QED) is 0.576. The van der Waals surface area contributed by atoms with E-state index in [0.717, 1.165) is 5.56 Å². The van der Waals surface area contributed by atoms with Crippen LogP contribution >= 0.6 is 23.1 Å². The predicted molar refractivity (Wildman–Crippen MR) is 103 cm³/mol. The SMILES string of the molecule is O=C(CSc1nnc(NCc2ccccc2)s1)NCc1ccccc1F. The summed E-state index contributed by atoms with van der Waals surface area (Å²) >= 11 is 2.71. The molecule has 0 spiro atoms. The second kappa shape index (κ2) is 9.30. The zero-order valence-electron chi connectivity index (χ0n) is 13.8. The van der Waals surface area contributed by atoms with Crippen LogP contribution in [0.4, 0.5) is 9.52 Å². The number of benzene rings is 2. The van der Waals surface area contributed by atoms with Crippen LogP contribution in [0.3, 0.4) is 0 Å². The number of hydrogen-bond donors (Lipinski definition) is 2. The van der Waals surface area contributed by atoms with Gasteiger partial charge in [-0.15, -0.1) is 10.2 Å². The van der Waals surface area contributed by atoms with Gasteiger partial charge in [-0.2, -0.15) is 0 Å². The van der Waals surface area contributed by atoms with Crippen LogP contribution in [0.25, 0.3) is 0 Å². The fourth-order valence-electron chi connectivity index (χ4n) is 2.13. The average molecular weight is 388 g/mol. The van der Waals surface area contributed by atoms with Gasteiger partial charge < -0.3 is 10.6 Å². The highest BCUT2D eigenvalue weighted by Crippen LogP contribution is 2.25. The number of hydrogen-bond acceptors (Lipinski definition) is 6. The van der Waals surface area contributed by atoms with Crippen molar-refractivity contribution in [1.82, 2.24) is 15.5 Å². The highest BCUT2D eigenvalue weighted by molar-refractivity contribution is 8.01. The number of carbonyl (C=O) groups is 1. The van der Waals surface area contributed by atoms with E-state index in [2.05, 4.69) is 20.8 Å². The molecule has 0 bridgehead atoms. The zero-order chi connectivity index (χ0) is 18.2. The summed E-state index contributed by atoms with van der Waals surface area (Å²) < 4.78 is 14.2. The summed E-state index contributed by atoms with van der Waals surface area (Å²) in [7, 11) is 0. The Bertz CT molecular complexity index is 857. The number of anilines is 1. The standard InChI is InChI=1S/C18H17FN4OS2/c19-15-9-5-4-8-14(15)11-20-16(24)12-25-18-23-22-17(26-18)21-10-13-6-2-1-3-7-13/h1-9H,10-12H2,(H,20,24)(H,21,22). The molecule has 1 amide bonds. The summed E-state index contributed by atoms with van der Waals surface area (Å²) in [6, 6.07) is 16.4. The second-order valence-electron chi connectivity index (χ2n) is 5.37. The van der Waals surface area contributed by atoms with Crippen molar-refractivity contribution in [2.45, 2.75) is 17.4 Å². The first-order valence-electron chi connectivity index (χ1n) is 7.95. The summed E-state index contributed by atoms with van der Waals surface area (Å²) in [4.78, 5) is 11.9. The van der Waals surface area contributed by atoms with E-state index >= 15 is 0 Å². The number of nitrogens with zero attached hydrogens (tertiary/aromatic N) is 2. The lowest BCUT2D eigenvalue weighted by Gasteiger charge is -2.05. The number of nitrogens with one attached hydrogen (secondary N) is 2. The van der Waals surface area contributed by atoms with Crippen molar-refractivity contribution >= 4 is 34.1 Å². The third-order valence-electron chi connectivity index (χ3n) is 3.45. The van der Waals surface area contributed by atoms with Crippen molar-refractivity contribution in [3.63, 3.8) is 0 Å². The first-order valence-corrected chi connectivity index (χ1v) is 9.75. The van der Waals surface area contributed by atoms with Gasteiger partial charge in [0.15, 0.2) is 4.34 Å². The van der Waals surface area contributed by atoms with Gasteiger partial charge in [-0.05, 0) is 11.6 Å². The van der Waals surface area contributed by atoms with Crippen LogP contribution < -0.4 is 10.6 Å². The lowest BCUT2D eigenvalue weighted by atomic mass is 10.2. The Labute approximate surface area is 159 Å². The molecule has 0 aliphatic carbocycles. The van der Waals surface area contributed by atoms with Crippen LogP contribution in [0.2, 0.25) is 0 Å². The van der Waals surface area contributed by atoms with Gasteiger partial charge in [-0.1, -0.05) is 71.6 Å².